The van der Waals surface area contributed by atoms with Gasteiger partial charge in [0, 0.05) is 11.8 Å². The molecule has 1 aliphatic rings. The quantitative estimate of drug-likeness (QED) is 0.689. The predicted molar refractivity (Wildman–Crippen MR) is 60.9 cm³/mol. The molecular formula is C13H17N. The fraction of sp³-hybridized carbons (Fsp3) is 0.462. The van der Waals surface area contributed by atoms with Crippen molar-refractivity contribution in [2.24, 2.45) is 4.99 Å². The highest BCUT2D eigenvalue weighted by molar-refractivity contribution is 5.86. The van der Waals surface area contributed by atoms with Gasteiger partial charge < -0.3 is 0 Å². The highest BCUT2D eigenvalue weighted by Crippen LogP contribution is 2.16. The Morgan fingerprint density at radius 3 is 2.64 bits per heavy atom. The molecule has 0 fully saturated rings. The van der Waals surface area contributed by atoms with Gasteiger partial charge in [0.15, 0.2) is 0 Å². The molecule has 2 rings (SSSR count). The fourth-order valence-corrected chi connectivity index (χ4v) is 1.94. The van der Waals surface area contributed by atoms with Gasteiger partial charge in [-0.1, -0.05) is 30.3 Å². The lowest BCUT2D eigenvalue weighted by Crippen LogP contribution is -1.96. The molecule has 1 heteroatoms. The summed E-state index contributed by atoms with van der Waals surface area (Å²) in [7, 11) is 0. The molecule has 1 unspecified atom stereocenters. The minimum atomic E-state index is 0.570. The lowest BCUT2D eigenvalue weighted by atomic mass is 10.1. The third-order valence-electron chi connectivity index (χ3n) is 2.80. The Morgan fingerprint density at radius 2 is 2.00 bits per heavy atom. The van der Waals surface area contributed by atoms with Crippen LogP contribution in [0.3, 0.4) is 0 Å². The van der Waals surface area contributed by atoms with E-state index in [4.69, 9.17) is 0 Å². The van der Waals surface area contributed by atoms with E-state index < -0.39 is 0 Å². The van der Waals surface area contributed by atoms with Crippen molar-refractivity contribution >= 4 is 5.71 Å². The maximum Gasteiger partial charge on any atom is 0.0474 e. The van der Waals surface area contributed by atoms with Crippen molar-refractivity contribution in [1.29, 1.82) is 0 Å². The van der Waals surface area contributed by atoms with Crippen molar-refractivity contribution in [2.45, 2.75) is 38.6 Å². The number of aryl methyl sites for hydroxylation is 1. The van der Waals surface area contributed by atoms with Crippen molar-refractivity contribution in [3.05, 3.63) is 35.9 Å². The molecule has 0 bridgehead atoms. The zero-order valence-corrected chi connectivity index (χ0v) is 8.74. The van der Waals surface area contributed by atoms with Gasteiger partial charge in [0.05, 0.1) is 0 Å². The summed E-state index contributed by atoms with van der Waals surface area (Å²) in [6.45, 7) is 2.20. The average molecular weight is 187 g/mol. The van der Waals surface area contributed by atoms with Crippen LogP contribution in [0, 0.1) is 0 Å². The molecule has 74 valence electrons. The first-order chi connectivity index (χ1) is 6.84. The number of aliphatic imine (C=N–C) groups is 1. The largest absolute Gasteiger partial charge is 0.291 e. The van der Waals surface area contributed by atoms with E-state index in [1.807, 2.05) is 0 Å². The van der Waals surface area contributed by atoms with Crippen molar-refractivity contribution in [2.75, 3.05) is 0 Å². The molecule has 0 saturated heterocycles. The van der Waals surface area contributed by atoms with Gasteiger partial charge in [-0.2, -0.15) is 0 Å². The number of nitrogens with zero attached hydrogens (tertiary/aromatic N) is 1. The molecule has 1 atom stereocenters. The molecule has 0 N–H and O–H groups in total. The van der Waals surface area contributed by atoms with E-state index in [1.165, 1.54) is 24.1 Å². The Bertz CT molecular complexity index is 313. The van der Waals surface area contributed by atoms with Gasteiger partial charge in [-0.15, -0.1) is 0 Å². The molecule has 1 heterocycles. The summed E-state index contributed by atoms with van der Waals surface area (Å²) in [6, 6.07) is 11.2. The van der Waals surface area contributed by atoms with Crippen molar-refractivity contribution in [1.82, 2.24) is 0 Å². The van der Waals surface area contributed by atoms with E-state index in [0.717, 1.165) is 12.8 Å². The van der Waals surface area contributed by atoms with E-state index in [0.29, 0.717) is 6.04 Å². The van der Waals surface area contributed by atoms with E-state index >= 15 is 0 Å². The summed E-state index contributed by atoms with van der Waals surface area (Å²) in [5, 5.41) is 0. The van der Waals surface area contributed by atoms with Gasteiger partial charge in [-0.25, -0.2) is 0 Å². The SMILES string of the molecule is CC1CCC(CCc2ccccc2)=N1. The highest BCUT2D eigenvalue weighted by Gasteiger charge is 2.12. The molecule has 0 radical (unpaired) electrons. The predicted octanol–water partition coefficient (Wildman–Crippen LogP) is 3.24. The minimum absolute atomic E-state index is 0.570. The van der Waals surface area contributed by atoms with E-state index in [9.17, 15) is 0 Å². The second-order valence-electron chi connectivity index (χ2n) is 4.07. The monoisotopic (exact) mass is 187 g/mol. The number of benzene rings is 1. The van der Waals surface area contributed by atoms with Gasteiger partial charge in [-0.3, -0.25) is 4.99 Å². The zero-order valence-electron chi connectivity index (χ0n) is 8.74. The maximum absolute atomic E-state index is 4.62. The van der Waals surface area contributed by atoms with Crippen molar-refractivity contribution in [3.8, 4) is 0 Å². The van der Waals surface area contributed by atoms with Gasteiger partial charge >= 0.3 is 0 Å². The van der Waals surface area contributed by atoms with Crippen LogP contribution in [0.1, 0.15) is 31.7 Å². The summed E-state index contributed by atoms with van der Waals surface area (Å²) < 4.78 is 0. The third kappa shape index (κ3) is 2.44. The van der Waals surface area contributed by atoms with Crippen LogP contribution in [-0.4, -0.2) is 11.8 Å². The Kier molecular flexibility index (Phi) is 2.97. The minimum Gasteiger partial charge on any atom is -0.291 e. The Balaban J connectivity index is 1.86. The molecule has 0 spiro atoms. The molecule has 0 aliphatic carbocycles. The van der Waals surface area contributed by atoms with E-state index in [-0.39, 0.29) is 0 Å². The normalized spacial score (nSPS) is 20.9. The molecule has 1 nitrogen and oxygen atoms in total. The lowest BCUT2D eigenvalue weighted by molar-refractivity contribution is 0.739. The Morgan fingerprint density at radius 1 is 1.21 bits per heavy atom. The smallest absolute Gasteiger partial charge is 0.0474 e. The van der Waals surface area contributed by atoms with Crippen LogP contribution in [0.15, 0.2) is 35.3 Å². The summed E-state index contributed by atoms with van der Waals surface area (Å²) in [5.41, 5.74) is 2.84. The van der Waals surface area contributed by atoms with Crippen LogP contribution >= 0.6 is 0 Å². The first-order valence-corrected chi connectivity index (χ1v) is 5.44. The van der Waals surface area contributed by atoms with Gasteiger partial charge in [0.25, 0.3) is 0 Å². The molecular weight excluding hydrogens is 170 g/mol. The fourth-order valence-electron chi connectivity index (χ4n) is 1.94. The van der Waals surface area contributed by atoms with Crippen LogP contribution in [0.25, 0.3) is 0 Å². The highest BCUT2D eigenvalue weighted by atomic mass is 14.8. The van der Waals surface area contributed by atoms with E-state index in [1.54, 1.807) is 0 Å². The number of rotatable bonds is 3. The van der Waals surface area contributed by atoms with Gasteiger partial charge in [0.1, 0.15) is 0 Å². The Labute approximate surface area is 85.9 Å². The first kappa shape index (κ1) is 9.45. The van der Waals surface area contributed by atoms with Crippen molar-refractivity contribution in [3.63, 3.8) is 0 Å². The zero-order chi connectivity index (χ0) is 9.80. The molecule has 0 saturated carbocycles. The molecule has 0 aromatic heterocycles. The second kappa shape index (κ2) is 4.41. The summed E-state index contributed by atoms with van der Waals surface area (Å²) in [4.78, 5) is 4.62. The number of hydrogen-bond donors (Lipinski definition) is 0. The third-order valence-corrected chi connectivity index (χ3v) is 2.80. The summed E-state index contributed by atoms with van der Waals surface area (Å²) in [6.07, 6.45) is 4.76. The summed E-state index contributed by atoms with van der Waals surface area (Å²) >= 11 is 0. The maximum atomic E-state index is 4.62. The van der Waals surface area contributed by atoms with Crippen LogP contribution in [0.5, 0.6) is 0 Å². The summed E-state index contributed by atoms with van der Waals surface area (Å²) in [5.74, 6) is 0. The van der Waals surface area contributed by atoms with Crippen molar-refractivity contribution < 1.29 is 0 Å². The molecule has 1 aromatic carbocycles. The topological polar surface area (TPSA) is 12.4 Å². The molecule has 1 aliphatic heterocycles. The van der Waals surface area contributed by atoms with Crippen LogP contribution < -0.4 is 0 Å². The standard InChI is InChI=1S/C13H17N/c1-11-7-9-13(14-11)10-8-12-5-3-2-4-6-12/h2-6,11H,7-10H2,1H3. The average Bonchev–Trinajstić information content (AvgIpc) is 2.63. The Hall–Kier alpha value is -1.11. The second-order valence-corrected chi connectivity index (χ2v) is 4.07. The van der Waals surface area contributed by atoms with Gasteiger partial charge in [0.2, 0.25) is 0 Å². The van der Waals surface area contributed by atoms with Crippen LogP contribution in [0.4, 0.5) is 0 Å². The number of hydrogen-bond acceptors (Lipinski definition) is 1. The first-order valence-electron chi connectivity index (χ1n) is 5.44. The molecule has 0 amide bonds. The van der Waals surface area contributed by atoms with E-state index in [2.05, 4.69) is 42.2 Å². The van der Waals surface area contributed by atoms with Crippen LogP contribution in [-0.2, 0) is 6.42 Å². The van der Waals surface area contributed by atoms with Gasteiger partial charge in [-0.05, 0) is 38.2 Å². The lowest BCUT2D eigenvalue weighted by Gasteiger charge is -2.00. The van der Waals surface area contributed by atoms with Crippen LogP contribution in [0.2, 0.25) is 0 Å². The molecule has 14 heavy (non-hydrogen) atoms. The molecule has 1 aromatic rings.